The van der Waals surface area contributed by atoms with Crippen LogP contribution in [0.4, 0.5) is 0 Å². The summed E-state index contributed by atoms with van der Waals surface area (Å²) in [5.74, 6) is 0.461. The van der Waals surface area contributed by atoms with Crippen LogP contribution in [0.2, 0.25) is 0 Å². The molecule has 1 amide bonds. The van der Waals surface area contributed by atoms with Crippen molar-refractivity contribution in [1.29, 1.82) is 0 Å². The molecule has 0 bridgehead atoms. The summed E-state index contributed by atoms with van der Waals surface area (Å²) in [6.45, 7) is 9.62. The first-order chi connectivity index (χ1) is 12.3. The van der Waals surface area contributed by atoms with Crippen LogP contribution in [0, 0.1) is 25.7 Å². The summed E-state index contributed by atoms with van der Waals surface area (Å²) < 4.78 is 10.9. The van der Waals surface area contributed by atoms with Gasteiger partial charge in [0.2, 0.25) is 0 Å². The third-order valence-corrected chi connectivity index (χ3v) is 5.25. The van der Waals surface area contributed by atoms with Gasteiger partial charge in [0.05, 0.1) is 12.7 Å². The van der Waals surface area contributed by atoms with Crippen molar-refractivity contribution >= 4 is 22.8 Å². The zero-order valence-electron chi connectivity index (χ0n) is 16.0. The summed E-state index contributed by atoms with van der Waals surface area (Å²) in [5, 5.41) is 0.926. The third-order valence-electron chi connectivity index (χ3n) is 5.25. The molecule has 5 nitrogen and oxygen atoms in total. The quantitative estimate of drug-likeness (QED) is 0.784. The molecule has 1 aromatic heterocycles. The Bertz CT molecular complexity index is 813. The van der Waals surface area contributed by atoms with E-state index < -0.39 is 5.97 Å². The monoisotopic (exact) mass is 357 g/mol. The van der Waals surface area contributed by atoms with Crippen LogP contribution < -0.4 is 0 Å². The van der Waals surface area contributed by atoms with Crippen molar-refractivity contribution in [3.63, 3.8) is 0 Å². The number of furan rings is 1. The zero-order chi connectivity index (χ0) is 18.8. The highest BCUT2D eigenvalue weighted by Gasteiger charge is 2.26. The number of piperidine rings is 1. The van der Waals surface area contributed by atoms with Gasteiger partial charge in [-0.25, -0.2) is 0 Å². The van der Waals surface area contributed by atoms with Crippen LogP contribution in [0.3, 0.4) is 0 Å². The first-order valence-corrected chi connectivity index (χ1v) is 9.24. The minimum atomic E-state index is -0.405. The van der Waals surface area contributed by atoms with E-state index in [1.165, 1.54) is 0 Å². The number of fused-ring (bicyclic) bond motifs is 1. The summed E-state index contributed by atoms with van der Waals surface area (Å²) in [5.41, 5.74) is 3.82. The summed E-state index contributed by atoms with van der Waals surface area (Å²) in [4.78, 5) is 26.3. The first-order valence-electron chi connectivity index (χ1n) is 9.24. The number of aryl methyl sites for hydroxylation is 2. The summed E-state index contributed by atoms with van der Waals surface area (Å²) >= 11 is 0. The van der Waals surface area contributed by atoms with E-state index in [1.54, 1.807) is 6.26 Å². The van der Waals surface area contributed by atoms with E-state index in [0.717, 1.165) is 47.2 Å². The lowest BCUT2D eigenvalue weighted by Crippen LogP contribution is -2.44. The van der Waals surface area contributed by atoms with Gasteiger partial charge in [0.25, 0.3) is 5.91 Å². The number of carbonyl (C=O) groups excluding carboxylic acids is 2. The van der Waals surface area contributed by atoms with Crippen molar-refractivity contribution in [2.45, 2.75) is 40.5 Å². The second kappa shape index (κ2) is 7.52. The van der Waals surface area contributed by atoms with Gasteiger partial charge >= 0.3 is 5.97 Å². The van der Waals surface area contributed by atoms with Gasteiger partial charge in [-0.3, -0.25) is 9.59 Å². The average molecular weight is 357 g/mol. The minimum absolute atomic E-state index is 0.107. The predicted octanol–water partition coefficient (Wildman–Crippen LogP) is 3.64. The molecule has 1 aliphatic rings. The lowest BCUT2D eigenvalue weighted by atomic mass is 9.92. The zero-order valence-corrected chi connectivity index (χ0v) is 16.0. The van der Waals surface area contributed by atoms with Crippen molar-refractivity contribution in [2.75, 3.05) is 19.7 Å². The van der Waals surface area contributed by atoms with E-state index >= 15 is 0 Å². The molecule has 1 fully saturated rings. The van der Waals surface area contributed by atoms with Gasteiger partial charge in [-0.15, -0.1) is 0 Å². The number of ether oxygens (including phenoxy) is 1. The number of hydrogen-bond acceptors (Lipinski definition) is 4. The standard InChI is InChI=1S/C21H27NO4/c1-13-7-14(2)10-22(9-13)19(23)12-25-20(24)8-17-11-26-21-16(4)15(3)5-6-18(17)21/h5-6,11,13-14H,7-10,12H2,1-4H3. The molecule has 5 heteroatoms. The molecular weight excluding hydrogens is 330 g/mol. The van der Waals surface area contributed by atoms with Crippen molar-refractivity contribution < 1.29 is 18.7 Å². The first kappa shape index (κ1) is 18.5. The molecule has 1 aromatic carbocycles. The fraction of sp³-hybridized carbons (Fsp3) is 0.524. The highest BCUT2D eigenvalue weighted by Crippen LogP contribution is 2.27. The van der Waals surface area contributed by atoms with Crippen LogP contribution in [0.15, 0.2) is 22.8 Å². The Hall–Kier alpha value is -2.30. The maximum absolute atomic E-state index is 12.3. The maximum atomic E-state index is 12.3. The second-order valence-electron chi connectivity index (χ2n) is 7.73. The van der Waals surface area contributed by atoms with E-state index in [4.69, 9.17) is 9.15 Å². The third kappa shape index (κ3) is 3.92. The number of likely N-dealkylation sites (tertiary alicyclic amines) is 1. The highest BCUT2D eigenvalue weighted by atomic mass is 16.5. The Kier molecular flexibility index (Phi) is 5.35. The van der Waals surface area contributed by atoms with Crippen molar-refractivity contribution in [3.8, 4) is 0 Å². The van der Waals surface area contributed by atoms with Gasteiger partial charge in [-0.05, 0) is 43.2 Å². The summed E-state index contributed by atoms with van der Waals surface area (Å²) in [6, 6.07) is 3.98. The molecule has 1 aliphatic heterocycles. The number of carbonyl (C=O) groups is 2. The molecule has 2 heterocycles. The molecule has 140 valence electrons. The van der Waals surface area contributed by atoms with Gasteiger partial charge in [0, 0.05) is 24.0 Å². The minimum Gasteiger partial charge on any atom is -0.464 e. The Morgan fingerprint density at radius 3 is 2.58 bits per heavy atom. The van der Waals surface area contributed by atoms with Crippen LogP contribution in [0.5, 0.6) is 0 Å². The van der Waals surface area contributed by atoms with Crippen LogP contribution in [-0.2, 0) is 20.7 Å². The Morgan fingerprint density at radius 2 is 1.88 bits per heavy atom. The lowest BCUT2D eigenvalue weighted by Gasteiger charge is -2.34. The van der Waals surface area contributed by atoms with Crippen LogP contribution in [0.1, 0.15) is 37.0 Å². The van der Waals surface area contributed by atoms with Gasteiger partial charge < -0.3 is 14.1 Å². The number of rotatable bonds is 4. The SMILES string of the molecule is Cc1ccc2c(CC(=O)OCC(=O)N3CC(C)CC(C)C3)coc2c1C. The van der Waals surface area contributed by atoms with Gasteiger partial charge in [0.15, 0.2) is 6.61 Å². The largest absolute Gasteiger partial charge is 0.464 e. The second-order valence-corrected chi connectivity index (χ2v) is 7.73. The van der Waals surface area contributed by atoms with Crippen LogP contribution in [-0.4, -0.2) is 36.5 Å². The number of amides is 1. The van der Waals surface area contributed by atoms with E-state index in [-0.39, 0.29) is 18.9 Å². The average Bonchev–Trinajstić information content (AvgIpc) is 2.98. The maximum Gasteiger partial charge on any atom is 0.310 e. The molecule has 0 N–H and O–H groups in total. The predicted molar refractivity (Wildman–Crippen MR) is 99.9 cm³/mol. The molecule has 0 radical (unpaired) electrons. The van der Waals surface area contributed by atoms with Crippen LogP contribution in [0.25, 0.3) is 11.0 Å². The van der Waals surface area contributed by atoms with Crippen molar-refractivity contribution in [3.05, 3.63) is 35.1 Å². The molecule has 1 saturated heterocycles. The molecule has 2 atom stereocenters. The fourth-order valence-electron chi connectivity index (χ4n) is 3.83. The molecule has 3 rings (SSSR count). The highest BCUT2D eigenvalue weighted by molar-refractivity contribution is 5.89. The summed E-state index contributed by atoms with van der Waals surface area (Å²) in [6.07, 6.45) is 2.85. The number of benzene rings is 1. The molecule has 0 spiro atoms. The van der Waals surface area contributed by atoms with Crippen LogP contribution >= 0.6 is 0 Å². The molecule has 0 aliphatic carbocycles. The Balaban J connectivity index is 1.58. The molecule has 2 unspecified atom stereocenters. The fourth-order valence-corrected chi connectivity index (χ4v) is 3.83. The smallest absolute Gasteiger partial charge is 0.310 e. The molecular formula is C21H27NO4. The number of esters is 1. The molecule has 0 saturated carbocycles. The van der Waals surface area contributed by atoms with Gasteiger partial charge in [0.1, 0.15) is 5.58 Å². The van der Waals surface area contributed by atoms with Gasteiger partial charge in [-0.2, -0.15) is 0 Å². The van der Waals surface area contributed by atoms with Gasteiger partial charge in [-0.1, -0.05) is 26.0 Å². The van der Waals surface area contributed by atoms with E-state index in [9.17, 15) is 9.59 Å². The van der Waals surface area contributed by atoms with Crippen molar-refractivity contribution in [1.82, 2.24) is 4.90 Å². The summed E-state index contributed by atoms with van der Waals surface area (Å²) in [7, 11) is 0. The van der Waals surface area contributed by atoms with E-state index in [0.29, 0.717) is 11.8 Å². The Morgan fingerprint density at radius 1 is 1.19 bits per heavy atom. The van der Waals surface area contributed by atoms with Crippen molar-refractivity contribution in [2.24, 2.45) is 11.8 Å². The number of nitrogens with zero attached hydrogens (tertiary/aromatic N) is 1. The van der Waals surface area contributed by atoms with E-state index in [1.807, 2.05) is 30.9 Å². The number of hydrogen-bond donors (Lipinski definition) is 0. The topological polar surface area (TPSA) is 59.8 Å². The lowest BCUT2D eigenvalue weighted by molar-refractivity contribution is -0.152. The Labute approximate surface area is 154 Å². The molecule has 26 heavy (non-hydrogen) atoms. The normalized spacial score (nSPS) is 20.4. The van der Waals surface area contributed by atoms with E-state index in [2.05, 4.69) is 13.8 Å². The molecule has 2 aromatic rings.